The molecule has 8 heteroatoms. The Morgan fingerprint density at radius 3 is 2.44 bits per heavy atom. The summed E-state index contributed by atoms with van der Waals surface area (Å²) in [6, 6.07) is 12.6. The normalized spacial score (nSPS) is 14.3. The second kappa shape index (κ2) is 6.88. The standard InChI is InChI=1S/C19H17N3O4S/c1-25-13-7-12(8-14(9-13)26-2)10-21-11-17(23)22(19(21)24)18-20-15-5-3-4-6-16(15)27-18/h3-9H,10-11H2,1-2H3. The van der Waals surface area contributed by atoms with Gasteiger partial charge in [0.2, 0.25) is 5.13 Å². The first-order valence-electron chi connectivity index (χ1n) is 8.28. The third kappa shape index (κ3) is 3.19. The largest absolute Gasteiger partial charge is 0.497 e. The lowest BCUT2D eigenvalue weighted by Crippen LogP contribution is -2.32. The zero-order valence-corrected chi connectivity index (χ0v) is 15.7. The fourth-order valence-electron chi connectivity index (χ4n) is 3.00. The molecule has 0 N–H and O–H groups in total. The van der Waals surface area contributed by atoms with E-state index in [-0.39, 0.29) is 25.0 Å². The van der Waals surface area contributed by atoms with E-state index in [9.17, 15) is 9.59 Å². The van der Waals surface area contributed by atoms with E-state index in [1.54, 1.807) is 20.3 Å². The summed E-state index contributed by atoms with van der Waals surface area (Å²) in [5.74, 6) is 0.977. The molecule has 4 rings (SSSR count). The monoisotopic (exact) mass is 383 g/mol. The fourth-order valence-corrected chi connectivity index (χ4v) is 3.97. The van der Waals surface area contributed by atoms with E-state index in [2.05, 4.69) is 4.98 Å². The lowest BCUT2D eigenvalue weighted by atomic mass is 10.2. The Kier molecular flexibility index (Phi) is 4.41. The number of fused-ring (bicyclic) bond motifs is 1. The Balaban J connectivity index is 1.59. The summed E-state index contributed by atoms with van der Waals surface area (Å²) in [6.45, 7) is 0.286. The Morgan fingerprint density at radius 1 is 1.07 bits per heavy atom. The number of methoxy groups -OCH3 is 2. The molecule has 1 saturated heterocycles. The van der Waals surface area contributed by atoms with Crippen molar-refractivity contribution >= 4 is 38.6 Å². The minimum Gasteiger partial charge on any atom is -0.497 e. The van der Waals surface area contributed by atoms with Gasteiger partial charge in [-0.3, -0.25) is 4.79 Å². The van der Waals surface area contributed by atoms with Crippen LogP contribution in [0.1, 0.15) is 5.56 Å². The number of carbonyl (C=O) groups is 2. The maximum Gasteiger partial charge on any atom is 0.334 e. The fraction of sp³-hybridized carbons (Fsp3) is 0.211. The van der Waals surface area contributed by atoms with E-state index >= 15 is 0 Å². The van der Waals surface area contributed by atoms with Gasteiger partial charge in [-0.25, -0.2) is 14.7 Å². The first kappa shape index (κ1) is 17.3. The Bertz CT molecular complexity index is 977. The average Bonchev–Trinajstić information content (AvgIpc) is 3.21. The lowest BCUT2D eigenvalue weighted by molar-refractivity contribution is -0.116. The van der Waals surface area contributed by atoms with Gasteiger partial charge in [-0.1, -0.05) is 23.5 Å². The number of urea groups is 1. The highest BCUT2D eigenvalue weighted by atomic mass is 32.1. The molecule has 0 spiro atoms. The zero-order valence-electron chi connectivity index (χ0n) is 14.8. The van der Waals surface area contributed by atoms with Crippen molar-refractivity contribution in [3.8, 4) is 11.5 Å². The summed E-state index contributed by atoms with van der Waals surface area (Å²) in [4.78, 5) is 32.4. The van der Waals surface area contributed by atoms with E-state index in [0.717, 1.165) is 20.7 Å². The van der Waals surface area contributed by atoms with Crippen molar-refractivity contribution in [1.29, 1.82) is 0 Å². The van der Waals surface area contributed by atoms with Crippen molar-refractivity contribution in [2.45, 2.75) is 6.54 Å². The second-order valence-corrected chi connectivity index (χ2v) is 7.06. The summed E-state index contributed by atoms with van der Waals surface area (Å²) in [5, 5.41) is 0.400. The zero-order chi connectivity index (χ0) is 19.0. The second-order valence-electron chi connectivity index (χ2n) is 6.05. The molecule has 0 aliphatic carbocycles. The van der Waals surface area contributed by atoms with Crippen molar-refractivity contribution in [3.05, 3.63) is 48.0 Å². The van der Waals surface area contributed by atoms with Crippen molar-refractivity contribution in [1.82, 2.24) is 9.88 Å². The van der Waals surface area contributed by atoms with Crippen LogP contribution in [-0.2, 0) is 11.3 Å². The summed E-state index contributed by atoms with van der Waals surface area (Å²) in [5.41, 5.74) is 1.59. The number of imide groups is 1. The number of amides is 3. The van der Waals surface area contributed by atoms with Gasteiger partial charge in [0.25, 0.3) is 5.91 Å². The van der Waals surface area contributed by atoms with Crippen molar-refractivity contribution < 1.29 is 19.1 Å². The van der Waals surface area contributed by atoms with Gasteiger partial charge in [-0.05, 0) is 29.8 Å². The van der Waals surface area contributed by atoms with Crippen LogP contribution in [0.25, 0.3) is 10.2 Å². The molecule has 27 heavy (non-hydrogen) atoms. The topological polar surface area (TPSA) is 72.0 Å². The smallest absolute Gasteiger partial charge is 0.334 e. The van der Waals surface area contributed by atoms with E-state index in [1.807, 2.05) is 36.4 Å². The summed E-state index contributed by atoms with van der Waals surface area (Å²) < 4.78 is 11.5. The van der Waals surface area contributed by atoms with Crippen LogP contribution < -0.4 is 14.4 Å². The SMILES string of the molecule is COc1cc(CN2CC(=O)N(c3nc4ccccc4s3)C2=O)cc(OC)c1. The quantitative estimate of drug-likeness (QED) is 0.632. The molecule has 2 heterocycles. The third-order valence-electron chi connectivity index (χ3n) is 4.30. The molecule has 138 valence electrons. The Morgan fingerprint density at radius 2 is 1.78 bits per heavy atom. The molecule has 0 bridgehead atoms. The van der Waals surface area contributed by atoms with Gasteiger partial charge in [-0.2, -0.15) is 0 Å². The van der Waals surface area contributed by atoms with Crippen LogP contribution in [0.2, 0.25) is 0 Å². The summed E-state index contributed by atoms with van der Waals surface area (Å²) in [6.07, 6.45) is 0. The predicted molar refractivity (Wildman–Crippen MR) is 102 cm³/mol. The van der Waals surface area contributed by atoms with E-state index in [4.69, 9.17) is 9.47 Å². The molecule has 1 aliphatic rings. The molecule has 1 fully saturated rings. The molecule has 1 aliphatic heterocycles. The Labute approximate surface area is 159 Å². The van der Waals surface area contributed by atoms with Crippen molar-refractivity contribution in [3.63, 3.8) is 0 Å². The molecular weight excluding hydrogens is 366 g/mol. The van der Waals surface area contributed by atoms with Gasteiger partial charge in [0.1, 0.15) is 18.0 Å². The lowest BCUT2D eigenvalue weighted by Gasteiger charge is -2.16. The highest BCUT2D eigenvalue weighted by Crippen LogP contribution is 2.32. The van der Waals surface area contributed by atoms with Gasteiger partial charge < -0.3 is 14.4 Å². The van der Waals surface area contributed by atoms with Crippen LogP contribution in [0.3, 0.4) is 0 Å². The molecule has 3 aromatic rings. The minimum absolute atomic E-state index is 0.00822. The number of hydrogen-bond donors (Lipinski definition) is 0. The number of aromatic nitrogens is 1. The molecule has 2 aromatic carbocycles. The highest BCUT2D eigenvalue weighted by molar-refractivity contribution is 7.22. The van der Waals surface area contributed by atoms with Gasteiger partial charge >= 0.3 is 6.03 Å². The van der Waals surface area contributed by atoms with Crippen LogP contribution in [0.5, 0.6) is 11.5 Å². The number of nitrogens with zero attached hydrogens (tertiary/aromatic N) is 3. The number of thiazole rings is 1. The van der Waals surface area contributed by atoms with Crippen LogP contribution in [0, 0.1) is 0 Å². The number of ether oxygens (including phenoxy) is 2. The van der Waals surface area contributed by atoms with Crippen LogP contribution >= 0.6 is 11.3 Å². The first-order valence-corrected chi connectivity index (χ1v) is 9.10. The van der Waals surface area contributed by atoms with Crippen LogP contribution in [0.15, 0.2) is 42.5 Å². The van der Waals surface area contributed by atoms with Crippen LogP contribution in [0.4, 0.5) is 9.93 Å². The van der Waals surface area contributed by atoms with E-state index < -0.39 is 0 Å². The summed E-state index contributed by atoms with van der Waals surface area (Å²) >= 11 is 1.33. The molecular formula is C19H17N3O4S. The van der Waals surface area contributed by atoms with Crippen LogP contribution in [-0.4, -0.2) is 42.6 Å². The highest BCUT2D eigenvalue weighted by Gasteiger charge is 2.39. The maximum absolute atomic E-state index is 12.8. The average molecular weight is 383 g/mol. The van der Waals surface area contributed by atoms with Gasteiger partial charge in [0, 0.05) is 12.6 Å². The molecule has 0 saturated carbocycles. The van der Waals surface area contributed by atoms with E-state index in [0.29, 0.717) is 16.6 Å². The maximum atomic E-state index is 12.8. The van der Waals surface area contributed by atoms with Gasteiger partial charge in [-0.15, -0.1) is 0 Å². The number of benzene rings is 2. The predicted octanol–water partition coefficient (Wildman–Crippen LogP) is 3.28. The molecule has 1 aromatic heterocycles. The number of anilines is 1. The molecule has 0 radical (unpaired) electrons. The number of hydrogen-bond acceptors (Lipinski definition) is 6. The Hall–Kier alpha value is -3.13. The molecule has 3 amide bonds. The molecule has 7 nitrogen and oxygen atoms in total. The number of rotatable bonds is 5. The molecule has 0 unspecified atom stereocenters. The van der Waals surface area contributed by atoms with E-state index in [1.165, 1.54) is 16.2 Å². The van der Waals surface area contributed by atoms with Gasteiger partial charge in [0.15, 0.2) is 0 Å². The molecule has 0 atom stereocenters. The minimum atomic E-state index is -0.374. The van der Waals surface area contributed by atoms with Crippen molar-refractivity contribution in [2.24, 2.45) is 0 Å². The first-order chi connectivity index (χ1) is 13.1. The van der Waals surface area contributed by atoms with Crippen molar-refractivity contribution in [2.75, 3.05) is 25.7 Å². The number of para-hydroxylation sites is 1. The summed E-state index contributed by atoms with van der Waals surface area (Å²) in [7, 11) is 3.13. The van der Waals surface area contributed by atoms with Gasteiger partial charge in [0.05, 0.1) is 24.4 Å². The number of carbonyl (C=O) groups excluding carboxylic acids is 2. The third-order valence-corrected chi connectivity index (χ3v) is 5.32.